The van der Waals surface area contributed by atoms with Crippen LogP contribution in [0.1, 0.15) is 51.3 Å². The maximum Gasteiger partial charge on any atom is 0.459 e. The summed E-state index contributed by atoms with van der Waals surface area (Å²) in [6.07, 6.45) is 4.15. The standard InChI is InChI=1S/C27H36N5O7P/c1-19(26(33)36-16-20-11-14-35-15-12-20)31-40(34,39-21-6-4-3-5-7-21)37-17-27(2)13-10-24(38-27)22-8-9-23-25(28)29-18-30-32(22)23/h3-9,18-20,24H,10-17H2,1-2H3,(H,31,34)(H2,28,29,30)/t19-,24+,27-,40?/m0/s1. The minimum atomic E-state index is -4.02. The Labute approximate surface area is 233 Å². The predicted molar refractivity (Wildman–Crippen MR) is 147 cm³/mol. The lowest BCUT2D eigenvalue weighted by Crippen LogP contribution is -2.38. The molecule has 0 bridgehead atoms. The van der Waals surface area contributed by atoms with Crippen molar-refractivity contribution in [3.63, 3.8) is 0 Å². The smallest absolute Gasteiger partial charge is 0.459 e. The third-order valence-corrected chi connectivity index (χ3v) is 8.84. The molecule has 3 aromatic rings. The molecule has 12 nitrogen and oxygen atoms in total. The maximum absolute atomic E-state index is 14.0. The number of hydrogen-bond donors (Lipinski definition) is 2. The lowest BCUT2D eigenvalue weighted by Gasteiger charge is -2.29. The molecule has 0 saturated carbocycles. The molecule has 0 spiro atoms. The topological polar surface area (TPSA) is 149 Å². The van der Waals surface area contributed by atoms with Crippen molar-refractivity contribution in [2.45, 2.75) is 57.3 Å². The molecule has 3 N–H and O–H groups in total. The van der Waals surface area contributed by atoms with Crippen LogP contribution in [0.2, 0.25) is 0 Å². The van der Waals surface area contributed by atoms with Crippen molar-refractivity contribution in [1.82, 2.24) is 19.7 Å². The van der Waals surface area contributed by atoms with Crippen LogP contribution in [0.15, 0.2) is 48.8 Å². The summed E-state index contributed by atoms with van der Waals surface area (Å²) in [7, 11) is -4.02. The highest BCUT2D eigenvalue weighted by atomic mass is 31.2. The molecule has 2 saturated heterocycles. The van der Waals surface area contributed by atoms with E-state index in [1.165, 1.54) is 6.33 Å². The van der Waals surface area contributed by atoms with Crippen molar-refractivity contribution in [2.75, 3.05) is 32.2 Å². The zero-order valence-corrected chi connectivity index (χ0v) is 23.6. The van der Waals surface area contributed by atoms with E-state index >= 15 is 0 Å². The zero-order valence-electron chi connectivity index (χ0n) is 22.7. The Hall–Kier alpha value is -3.02. The van der Waals surface area contributed by atoms with Gasteiger partial charge in [0.2, 0.25) is 0 Å². The SMILES string of the molecule is C[C@H](NP(=O)(OC[C@]1(C)CC[C@H](c2ccc3c(N)ncnn23)O1)Oc1ccccc1)C(=O)OCC1CCOCC1. The first-order valence-electron chi connectivity index (χ1n) is 13.5. The van der Waals surface area contributed by atoms with E-state index in [1.54, 1.807) is 35.7 Å². The van der Waals surface area contributed by atoms with Gasteiger partial charge in [-0.05, 0) is 69.7 Å². The summed E-state index contributed by atoms with van der Waals surface area (Å²) in [5.74, 6) is 0.447. The van der Waals surface area contributed by atoms with E-state index in [0.29, 0.717) is 43.1 Å². The summed E-state index contributed by atoms with van der Waals surface area (Å²) in [6.45, 7) is 5.04. The highest BCUT2D eigenvalue weighted by Gasteiger charge is 2.42. The van der Waals surface area contributed by atoms with Crippen LogP contribution < -0.4 is 15.3 Å². The Morgan fingerprint density at radius 3 is 2.77 bits per heavy atom. The van der Waals surface area contributed by atoms with Gasteiger partial charge in [-0.3, -0.25) is 9.32 Å². The fraction of sp³-hybridized carbons (Fsp3) is 0.519. The molecular weight excluding hydrogens is 537 g/mol. The first kappa shape index (κ1) is 28.5. The van der Waals surface area contributed by atoms with Crippen LogP contribution in [0.3, 0.4) is 0 Å². The molecule has 2 aliphatic rings. The molecule has 216 valence electrons. The number of carbonyl (C=O) groups excluding carboxylic acids is 1. The second-order valence-electron chi connectivity index (χ2n) is 10.5. The fourth-order valence-corrected chi connectivity index (χ4v) is 6.49. The number of nitrogen functional groups attached to an aromatic ring is 1. The monoisotopic (exact) mass is 573 g/mol. The maximum atomic E-state index is 14.0. The summed E-state index contributed by atoms with van der Waals surface area (Å²) >= 11 is 0. The second-order valence-corrected chi connectivity index (χ2v) is 12.2. The van der Waals surface area contributed by atoms with Crippen LogP contribution in [0.25, 0.3) is 5.52 Å². The minimum Gasteiger partial charge on any atom is -0.464 e. The Bertz CT molecular complexity index is 1350. The van der Waals surface area contributed by atoms with E-state index < -0.39 is 25.4 Å². The highest BCUT2D eigenvalue weighted by molar-refractivity contribution is 7.52. The largest absolute Gasteiger partial charge is 0.464 e. The summed E-state index contributed by atoms with van der Waals surface area (Å²) in [6, 6.07) is 11.5. The van der Waals surface area contributed by atoms with Gasteiger partial charge in [-0.25, -0.2) is 14.1 Å². The van der Waals surface area contributed by atoms with E-state index in [2.05, 4.69) is 15.2 Å². The van der Waals surface area contributed by atoms with Gasteiger partial charge < -0.3 is 24.5 Å². The van der Waals surface area contributed by atoms with Crippen molar-refractivity contribution >= 4 is 25.1 Å². The number of anilines is 1. The predicted octanol–water partition coefficient (Wildman–Crippen LogP) is 4.07. The van der Waals surface area contributed by atoms with Gasteiger partial charge in [0.05, 0.1) is 24.5 Å². The van der Waals surface area contributed by atoms with Crippen LogP contribution in [-0.4, -0.2) is 58.6 Å². The van der Waals surface area contributed by atoms with Gasteiger partial charge >= 0.3 is 13.7 Å². The molecule has 0 radical (unpaired) electrons. The molecule has 2 aliphatic heterocycles. The molecule has 13 heteroatoms. The first-order chi connectivity index (χ1) is 19.2. The number of benzene rings is 1. The Morgan fingerprint density at radius 2 is 2.00 bits per heavy atom. The summed E-state index contributed by atoms with van der Waals surface area (Å²) in [5, 5.41) is 7.07. The molecule has 2 fully saturated rings. The second kappa shape index (κ2) is 12.2. The number of fused-ring (bicyclic) bond motifs is 1. The number of nitrogens with zero attached hydrogens (tertiary/aromatic N) is 3. The lowest BCUT2D eigenvalue weighted by molar-refractivity contribution is -0.147. The van der Waals surface area contributed by atoms with Crippen molar-refractivity contribution in [2.24, 2.45) is 5.92 Å². The fourth-order valence-electron chi connectivity index (χ4n) is 4.89. The number of rotatable bonds is 11. The van der Waals surface area contributed by atoms with Crippen molar-refractivity contribution < 1.29 is 32.6 Å². The van der Waals surface area contributed by atoms with Gasteiger partial charge in [-0.2, -0.15) is 10.2 Å². The van der Waals surface area contributed by atoms with Gasteiger partial charge in [0.1, 0.15) is 29.7 Å². The molecule has 1 unspecified atom stereocenters. The third kappa shape index (κ3) is 6.82. The number of nitrogens with one attached hydrogen (secondary N) is 1. The first-order valence-corrected chi connectivity index (χ1v) is 15.1. The van der Waals surface area contributed by atoms with E-state index in [1.807, 2.05) is 25.1 Å². The van der Waals surface area contributed by atoms with Gasteiger partial charge in [-0.1, -0.05) is 18.2 Å². The summed E-state index contributed by atoms with van der Waals surface area (Å²) in [5.41, 5.74) is 6.75. The van der Waals surface area contributed by atoms with E-state index in [4.69, 9.17) is 29.0 Å². The van der Waals surface area contributed by atoms with Crippen LogP contribution in [0.4, 0.5) is 5.82 Å². The van der Waals surface area contributed by atoms with Crippen LogP contribution in [-0.2, 0) is 28.1 Å². The van der Waals surface area contributed by atoms with Gasteiger partial charge in [0.15, 0.2) is 5.82 Å². The molecule has 1 aromatic carbocycles. The summed E-state index contributed by atoms with van der Waals surface area (Å²) < 4.78 is 44.7. The zero-order chi connectivity index (χ0) is 28.2. The molecule has 4 atom stereocenters. The van der Waals surface area contributed by atoms with Crippen molar-refractivity contribution in [1.29, 1.82) is 0 Å². The molecular formula is C27H36N5O7P. The van der Waals surface area contributed by atoms with Crippen LogP contribution in [0, 0.1) is 5.92 Å². The van der Waals surface area contributed by atoms with E-state index in [0.717, 1.165) is 18.5 Å². The molecule has 0 aliphatic carbocycles. The number of nitrogens with two attached hydrogens (primary N) is 1. The number of carbonyl (C=O) groups is 1. The number of esters is 1. The van der Waals surface area contributed by atoms with Crippen LogP contribution in [0.5, 0.6) is 5.75 Å². The van der Waals surface area contributed by atoms with Crippen LogP contribution >= 0.6 is 7.75 Å². The van der Waals surface area contributed by atoms with E-state index in [9.17, 15) is 9.36 Å². The average molecular weight is 574 g/mol. The number of ether oxygens (including phenoxy) is 3. The number of aromatic nitrogens is 3. The van der Waals surface area contributed by atoms with Crippen molar-refractivity contribution in [3.05, 3.63) is 54.5 Å². The Kier molecular flexibility index (Phi) is 8.72. The average Bonchev–Trinajstić information content (AvgIpc) is 3.56. The lowest BCUT2D eigenvalue weighted by atomic mass is 10.0. The highest BCUT2D eigenvalue weighted by Crippen LogP contribution is 2.48. The van der Waals surface area contributed by atoms with Crippen molar-refractivity contribution in [3.8, 4) is 5.75 Å². The van der Waals surface area contributed by atoms with E-state index in [-0.39, 0.29) is 25.2 Å². The molecule has 4 heterocycles. The van der Waals surface area contributed by atoms with Gasteiger partial charge in [0.25, 0.3) is 0 Å². The summed E-state index contributed by atoms with van der Waals surface area (Å²) in [4.78, 5) is 16.8. The Morgan fingerprint density at radius 1 is 1.23 bits per heavy atom. The normalized spacial score (nSPS) is 24.0. The van der Waals surface area contributed by atoms with Gasteiger partial charge in [0, 0.05) is 13.2 Å². The number of hydrogen-bond acceptors (Lipinski definition) is 10. The Balaban J connectivity index is 1.24. The molecule has 2 aromatic heterocycles. The minimum absolute atomic E-state index is 0.0368. The molecule has 5 rings (SSSR count). The molecule has 40 heavy (non-hydrogen) atoms. The number of para-hydroxylation sites is 1. The quantitative estimate of drug-likeness (QED) is 0.252. The van der Waals surface area contributed by atoms with Gasteiger partial charge in [-0.15, -0.1) is 0 Å². The molecule has 0 amide bonds. The third-order valence-electron chi connectivity index (χ3n) is 7.22.